The van der Waals surface area contributed by atoms with Crippen molar-refractivity contribution >= 4 is 23.1 Å². The number of aromatic nitrogens is 2. The first-order chi connectivity index (χ1) is 9.41. The molecule has 0 aliphatic carbocycles. The fraction of sp³-hybridized carbons (Fsp3) is 0.375. The van der Waals surface area contributed by atoms with E-state index < -0.39 is 0 Å². The molecule has 2 aromatic rings. The summed E-state index contributed by atoms with van der Waals surface area (Å²) in [6, 6.07) is 12.0. The fourth-order valence-corrected chi connectivity index (χ4v) is 2.14. The fourth-order valence-electron chi connectivity index (χ4n) is 1.96. The van der Waals surface area contributed by atoms with Crippen molar-refractivity contribution in [3.8, 4) is 0 Å². The SMILES string of the molecule is CCN(c1ccccc1)c1cc(Cl)nc(C(C)(C)C)n1. The van der Waals surface area contributed by atoms with E-state index in [1.54, 1.807) is 0 Å². The summed E-state index contributed by atoms with van der Waals surface area (Å²) < 4.78 is 0. The standard InChI is InChI=1S/C16H20ClN3/c1-5-20(12-9-7-6-8-10-12)14-11-13(17)18-15(19-14)16(2,3)4/h6-11H,5H2,1-4H3. The van der Waals surface area contributed by atoms with Gasteiger partial charge in [-0.25, -0.2) is 9.97 Å². The van der Waals surface area contributed by atoms with E-state index in [-0.39, 0.29) is 5.41 Å². The molecule has 0 atom stereocenters. The molecule has 1 aromatic carbocycles. The summed E-state index contributed by atoms with van der Waals surface area (Å²) in [6.45, 7) is 9.17. The average Bonchev–Trinajstić information content (AvgIpc) is 2.39. The van der Waals surface area contributed by atoms with Crippen molar-refractivity contribution in [3.63, 3.8) is 0 Å². The zero-order chi connectivity index (χ0) is 14.8. The summed E-state index contributed by atoms with van der Waals surface area (Å²) >= 11 is 6.17. The molecule has 0 aliphatic heterocycles. The lowest BCUT2D eigenvalue weighted by molar-refractivity contribution is 0.545. The Balaban J connectivity index is 2.48. The van der Waals surface area contributed by atoms with E-state index in [1.807, 2.05) is 24.3 Å². The highest BCUT2D eigenvalue weighted by molar-refractivity contribution is 6.29. The summed E-state index contributed by atoms with van der Waals surface area (Å²) in [5, 5.41) is 0.481. The van der Waals surface area contributed by atoms with Gasteiger partial charge in [-0.2, -0.15) is 0 Å². The van der Waals surface area contributed by atoms with Crippen LogP contribution in [0, 0.1) is 0 Å². The Morgan fingerprint density at radius 3 is 2.30 bits per heavy atom. The molecule has 0 amide bonds. The lowest BCUT2D eigenvalue weighted by atomic mass is 9.96. The molecule has 20 heavy (non-hydrogen) atoms. The normalized spacial score (nSPS) is 11.4. The highest BCUT2D eigenvalue weighted by Gasteiger charge is 2.20. The van der Waals surface area contributed by atoms with Gasteiger partial charge >= 0.3 is 0 Å². The van der Waals surface area contributed by atoms with E-state index in [0.29, 0.717) is 5.15 Å². The van der Waals surface area contributed by atoms with Crippen molar-refractivity contribution in [1.82, 2.24) is 9.97 Å². The van der Waals surface area contributed by atoms with E-state index >= 15 is 0 Å². The van der Waals surface area contributed by atoms with Crippen molar-refractivity contribution in [2.75, 3.05) is 11.4 Å². The maximum Gasteiger partial charge on any atom is 0.138 e. The van der Waals surface area contributed by atoms with Gasteiger partial charge in [-0.1, -0.05) is 50.6 Å². The highest BCUT2D eigenvalue weighted by atomic mass is 35.5. The Hall–Kier alpha value is -1.61. The first-order valence-corrected chi connectivity index (χ1v) is 7.17. The zero-order valence-corrected chi connectivity index (χ0v) is 13.1. The Kier molecular flexibility index (Phi) is 4.29. The molecule has 0 N–H and O–H groups in total. The number of anilines is 2. The maximum absolute atomic E-state index is 6.17. The van der Waals surface area contributed by atoms with E-state index in [0.717, 1.165) is 23.9 Å². The molecule has 1 heterocycles. The predicted octanol–water partition coefficient (Wildman–Crippen LogP) is 4.59. The molecular formula is C16H20ClN3. The lowest BCUT2D eigenvalue weighted by Gasteiger charge is -2.24. The van der Waals surface area contributed by atoms with Crippen LogP contribution in [0.3, 0.4) is 0 Å². The molecule has 0 radical (unpaired) electrons. The molecule has 1 aromatic heterocycles. The largest absolute Gasteiger partial charge is 0.327 e. The van der Waals surface area contributed by atoms with Gasteiger partial charge in [0.2, 0.25) is 0 Å². The molecule has 0 aliphatic rings. The zero-order valence-electron chi connectivity index (χ0n) is 12.4. The average molecular weight is 290 g/mol. The van der Waals surface area contributed by atoms with Crippen LogP contribution in [0.15, 0.2) is 36.4 Å². The number of hydrogen-bond donors (Lipinski definition) is 0. The van der Waals surface area contributed by atoms with E-state index in [4.69, 9.17) is 11.6 Å². The van der Waals surface area contributed by atoms with Crippen LogP contribution in [-0.2, 0) is 5.41 Å². The third-order valence-electron chi connectivity index (χ3n) is 3.01. The monoisotopic (exact) mass is 289 g/mol. The molecule has 4 heteroatoms. The first-order valence-electron chi connectivity index (χ1n) is 6.79. The maximum atomic E-state index is 6.17. The molecule has 0 spiro atoms. The molecule has 3 nitrogen and oxygen atoms in total. The van der Waals surface area contributed by atoms with Crippen molar-refractivity contribution in [2.45, 2.75) is 33.1 Å². The van der Waals surface area contributed by atoms with Crippen molar-refractivity contribution < 1.29 is 0 Å². The number of para-hydroxylation sites is 1. The van der Waals surface area contributed by atoms with Gasteiger partial charge < -0.3 is 4.90 Å². The minimum atomic E-state index is -0.129. The second kappa shape index (κ2) is 5.80. The van der Waals surface area contributed by atoms with Gasteiger partial charge in [0.05, 0.1) is 0 Å². The van der Waals surface area contributed by atoms with Gasteiger partial charge in [-0.05, 0) is 19.1 Å². The van der Waals surface area contributed by atoms with Crippen LogP contribution < -0.4 is 4.90 Å². The Bertz CT molecular complexity index is 576. The van der Waals surface area contributed by atoms with Gasteiger partial charge in [-0.15, -0.1) is 0 Å². The van der Waals surface area contributed by atoms with Gasteiger partial charge in [0.15, 0.2) is 0 Å². The third kappa shape index (κ3) is 3.28. The molecule has 0 fully saturated rings. The highest BCUT2D eigenvalue weighted by Crippen LogP contribution is 2.28. The van der Waals surface area contributed by atoms with Crippen molar-refractivity contribution in [2.24, 2.45) is 0 Å². The van der Waals surface area contributed by atoms with Crippen LogP contribution in [0.1, 0.15) is 33.5 Å². The van der Waals surface area contributed by atoms with Gasteiger partial charge in [0, 0.05) is 23.7 Å². The Labute approximate surface area is 125 Å². The van der Waals surface area contributed by atoms with Crippen LogP contribution in [0.2, 0.25) is 5.15 Å². The molecule has 0 unspecified atom stereocenters. The lowest BCUT2D eigenvalue weighted by Crippen LogP contribution is -2.22. The molecule has 0 saturated heterocycles. The second-order valence-corrected chi connectivity index (χ2v) is 6.09. The van der Waals surface area contributed by atoms with E-state index in [2.05, 4.69) is 54.7 Å². The summed E-state index contributed by atoms with van der Waals surface area (Å²) in [5.74, 6) is 1.60. The van der Waals surface area contributed by atoms with Crippen LogP contribution in [0.5, 0.6) is 0 Å². The molecule has 2 rings (SSSR count). The minimum Gasteiger partial charge on any atom is -0.327 e. The minimum absolute atomic E-state index is 0.129. The Morgan fingerprint density at radius 1 is 1.10 bits per heavy atom. The van der Waals surface area contributed by atoms with Crippen molar-refractivity contribution in [3.05, 3.63) is 47.4 Å². The predicted molar refractivity (Wildman–Crippen MR) is 84.9 cm³/mol. The van der Waals surface area contributed by atoms with Crippen LogP contribution in [-0.4, -0.2) is 16.5 Å². The van der Waals surface area contributed by atoms with E-state index in [9.17, 15) is 0 Å². The summed E-state index contributed by atoms with van der Waals surface area (Å²) in [6.07, 6.45) is 0. The summed E-state index contributed by atoms with van der Waals surface area (Å²) in [5.41, 5.74) is 0.972. The topological polar surface area (TPSA) is 29.0 Å². The van der Waals surface area contributed by atoms with Crippen LogP contribution >= 0.6 is 11.6 Å². The van der Waals surface area contributed by atoms with E-state index in [1.165, 1.54) is 0 Å². The van der Waals surface area contributed by atoms with Gasteiger partial charge in [0.25, 0.3) is 0 Å². The molecule has 106 valence electrons. The molecule has 0 saturated carbocycles. The van der Waals surface area contributed by atoms with Gasteiger partial charge in [0.1, 0.15) is 16.8 Å². The Morgan fingerprint density at radius 2 is 1.75 bits per heavy atom. The molecular weight excluding hydrogens is 270 g/mol. The summed E-state index contributed by atoms with van der Waals surface area (Å²) in [7, 11) is 0. The summed E-state index contributed by atoms with van der Waals surface area (Å²) in [4.78, 5) is 11.2. The number of nitrogens with zero attached hydrogens (tertiary/aromatic N) is 3. The second-order valence-electron chi connectivity index (χ2n) is 5.70. The number of rotatable bonds is 3. The van der Waals surface area contributed by atoms with Crippen LogP contribution in [0.25, 0.3) is 0 Å². The third-order valence-corrected chi connectivity index (χ3v) is 3.21. The number of hydrogen-bond acceptors (Lipinski definition) is 3. The van der Waals surface area contributed by atoms with Crippen LogP contribution in [0.4, 0.5) is 11.5 Å². The molecule has 0 bridgehead atoms. The smallest absolute Gasteiger partial charge is 0.138 e. The van der Waals surface area contributed by atoms with Gasteiger partial charge in [-0.3, -0.25) is 0 Å². The number of benzene rings is 1. The first kappa shape index (κ1) is 14.8. The number of halogens is 1. The van der Waals surface area contributed by atoms with Crippen molar-refractivity contribution in [1.29, 1.82) is 0 Å². The quantitative estimate of drug-likeness (QED) is 0.774.